The summed E-state index contributed by atoms with van der Waals surface area (Å²) in [7, 11) is 0. The monoisotopic (exact) mass is 302 g/mol. The van der Waals surface area contributed by atoms with Crippen LogP contribution in [0.1, 0.15) is 5.82 Å². The molecule has 0 aliphatic rings. The number of hydrogen-bond acceptors (Lipinski definition) is 5. The van der Waals surface area contributed by atoms with Gasteiger partial charge in [-0.25, -0.2) is 4.39 Å². The van der Waals surface area contributed by atoms with Gasteiger partial charge >= 0.3 is 0 Å². The first-order valence-electron chi connectivity index (χ1n) is 6.21. The lowest BCUT2D eigenvalue weighted by molar-refractivity contribution is 0.425. The lowest BCUT2D eigenvalue weighted by Gasteiger charge is -1.98. The number of thioether (sulfide) groups is 1. The highest BCUT2D eigenvalue weighted by atomic mass is 32.2. The van der Waals surface area contributed by atoms with Gasteiger partial charge in [0.25, 0.3) is 5.89 Å². The predicted octanol–water partition coefficient (Wildman–Crippen LogP) is 3.87. The highest BCUT2D eigenvalue weighted by Crippen LogP contribution is 2.25. The highest BCUT2D eigenvalue weighted by Gasteiger charge is 2.09. The summed E-state index contributed by atoms with van der Waals surface area (Å²) in [5.41, 5.74) is 0.685. The predicted molar refractivity (Wildman–Crippen MR) is 77.4 cm³/mol. The summed E-state index contributed by atoms with van der Waals surface area (Å²) in [6, 6.07) is 12.8. The van der Waals surface area contributed by atoms with E-state index in [1.165, 1.54) is 23.9 Å². The standard InChI is InChI=1S/C15H11FN2O2S/c16-11-3-1-10(2-4-11)15-17-14(18-20-15)9-21-13-7-5-12(19)6-8-13/h1-8,19H,9H2. The smallest absolute Gasteiger partial charge is 0.257 e. The van der Waals surface area contributed by atoms with Gasteiger partial charge in [-0.15, -0.1) is 11.8 Å². The summed E-state index contributed by atoms with van der Waals surface area (Å²) < 4.78 is 18.0. The Morgan fingerprint density at radius 2 is 1.76 bits per heavy atom. The number of phenolic OH excluding ortho intramolecular Hbond substituents is 1. The molecule has 0 amide bonds. The maximum Gasteiger partial charge on any atom is 0.257 e. The lowest BCUT2D eigenvalue weighted by Crippen LogP contribution is -1.84. The van der Waals surface area contributed by atoms with E-state index in [-0.39, 0.29) is 11.6 Å². The Hall–Kier alpha value is -2.34. The second-order valence-electron chi connectivity index (χ2n) is 4.31. The Morgan fingerprint density at radius 3 is 2.48 bits per heavy atom. The number of aromatic hydroxyl groups is 1. The first-order chi connectivity index (χ1) is 10.2. The van der Waals surface area contributed by atoms with Gasteiger partial charge < -0.3 is 9.63 Å². The van der Waals surface area contributed by atoms with Crippen molar-refractivity contribution in [3.05, 3.63) is 60.2 Å². The molecule has 3 aromatic rings. The summed E-state index contributed by atoms with van der Waals surface area (Å²) >= 11 is 1.54. The maximum absolute atomic E-state index is 12.9. The molecule has 0 bridgehead atoms. The van der Waals surface area contributed by atoms with E-state index in [0.717, 1.165) is 4.90 Å². The molecule has 0 spiro atoms. The van der Waals surface area contributed by atoms with Crippen molar-refractivity contribution < 1.29 is 14.0 Å². The third-order valence-corrected chi connectivity index (χ3v) is 3.77. The van der Waals surface area contributed by atoms with Crippen LogP contribution in [0.25, 0.3) is 11.5 Å². The maximum atomic E-state index is 12.9. The van der Waals surface area contributed by atoms with Gasteiger partial charge in [-0.3, -0.25) is 0 Å². The molecule has 0 radical (unpaired) electrons. The fourth-order valence-corrected chi connectivity index (χ4v) is 2.45. The first kappa shape index (κ1) is 13.6. The van der Waals surface area contributed by atoms with E-state index in [0.29, 0.717) is 23.0 Å². The summed E-state index contributed by atoms with van der Waals surface area (Å²) in [5, 5.41) is 13.1. The van der Waals surface area contributed by atoms with Crippen molar-refractivity contribution in [2.75, 3.05) is 0 Å². The minimum Gasteiger partial charge on any atom is -0.508 e. The van der Waals surface area contributed by atoms with E-state index in [1.54, 1.807) is 24.3 Å². The molecular weight excluding hydrogens is 291 g/mol. The molecule has 21 heavy (non-hydrogen) atoms. The number of benzene rings is 2. The fraction of sp³-hybridized carbons (Fsp3) is 0.0667. The van der Waals surface area contributed by atoms with Gasteiger partial charge in [0.1, 0.15) is 11.6 Å². The minimum atomic E-state index is -0.304. The molecule has 0 unspecified atom stereocenters. The Bertz CT molecular complexity index is 726. The molecule has 3 rings (SSSR count). The van der Waals surface area contributed by atoms with Gasteiger partial charge in [-0.2, -0.15) is 4.98 Å². The third-order valence-electron chi connectivity index (χ3n) is 2.76. The van der Waals surface area contributed by atoms with Crippen LogP contribution < -0.4 is 0 Å². The van der Waals surface area contributed by atoms with E-state index in [1.807, 2.05) is 12.1 Å². The summed E-state index contributed by atoms with van der Waals surface area (Å²) in [5.74, 6) is 1.41. The average molecular weight is 302 g/mol. The van der Waals surface area contributed by atoms with Gasteiger partial charge in [-0.05, 0) is 48.5 Å². The Morgan fingerprint density at radius 1 is 1.05 bits per heavy atom. The molecule has 0 saturated heterocycles. The SMILES string of the molecule is Oc1ccc(SCc2noc(-c3ccc(F)cc3)n2)cc1. The molecule has 0 aliphatic carbocycles. The number of nitrogens with zero attached hydrogens (tertiary/aromatic N) is 2. The van der Waals surface area contributed by atoms with Crippen LogP contribution in [0.5, 0.6) is 5.75 Å². The molecule has 2 aromatic carbocycles. The molecule has 1 aromatic heterocycles. The molecule has 0 aliphatic heterocycles. The minimum absolute atomic E-state index is 0.234. The molecule has 6 heteroatoms. The van der Waals surface area contributed by atoms with Crippen LogP contribution in [-0.4, -0.2) is 15.2 Å². The number of halogens is 1. The van der Waals surface area contributed by atoms with Crippen molar-refractivity contribution in [2.45, 2.75) is 10.6 Å². The van der Waals surface area contributed by atoms with Crippen LogP contribution >= 0.6 is 11.8 Å². The Kier molecular flexibility index (Phi) is 3.87. The molecule has 1 heterocycles. The second kappa shape index (κ2) is 5.97. The quantitative estimate of drug-likeness (QED) is 0.741. The molecule has 106 valence electrons. The number of hydrogen-bond donors (Lipinski definition) is 1. The summed E-state index contributed by atoms with van der Waals surface area (Å²) in [6.07, 6.45) is 0. The first-order valence-corrected chi connectivity index (χ1v) is 7.19. The van der Waals surface area contributed by atoms with E-state index in [9.17, 15) is 9.50 Å². The van der Waals surface area contributed by atoms with Crippen LogP contribution in [0, 0.1) is 5.82 Å². The van der Waals surface area contributed by atoms with Gasteiger partial charge in [-0.1, -0.05) is 5.16 Å². The van der Waals surface area contributed by atoms with Gasteiger partial charge in [0.2, 0.25) is 0 Å². The number of aromatic nitrogens is 2. The largest absolute Gasteiger partial charge is 0.508 e. The van der Waals surface area contributed by atoms with Gasteiger partial charge in [0, 0.05) is 10.5 Å². The Labute approximate surface area is 124 Å². The molecule has 1 N–H and O–H groups in total. The zero-order valence-corrected chi connectivity index (χ0v) is 11.7. The molecule has 0 saturated carbocycles. The molecule has 4 nitrogen and oxygen atoms in total. The Balaban J connectivity index is 1.67. The summed E-state index contributed by atoms with van der Waals surface area (Å²) in [4.78, 5) is 5.27. The topological polar surface area (TPSA) is 59.2 Å². The zero-order valence-electron chi connectivity index (χ0n) is 10.9. The van der Waals surface area contributed by atoms with Crippen LogP contribution in [-0.2, 0) is 5.75 Å². The van der Waals surface area contributed by atoms with Crippen LogP contribution in [0.3, 0.4) is 0 Å². The van der Waals surface area contributed by atoms with Crippen molar-refractivity contribution in [2.24, 2.45) is 0 Å². The average Bonchev–Trinajstić information content (AvgIpc) is 2.96. The van der Waals surface area contributed by atoms with E-state index >= 15 is 0 Å². The van der Waals surface area contributed by atoms with E-state index in [2.05, 4.69) is 10.1 Å². The number of phenols is 1. The molecular formula is C15H11FN2O2S. The van der Waals surface area contributed by atoms with Crippen LogP contribution in [0.4, 0.5) is 4.39 Å². The van der Waals surface area contributed by atoms with Crippen molar-refractivity contribution in [3.8, 4) is 17.2 Å². The van der Waals surface area contributed by atoms with Gasteiger partial charge in [0.05, 0.1) is 5.75 Å². The van der Waals surface area contributed by atoms with Crippen LogP contribution in [0.2, 0.25) is 0 Å². The fourth-order valence-electron chi connectivity index (χ4n) is 1.71. The van der Waals surface area contributed by atoms with Crippen molar-refractivity contribution in [3.63, 3.8) is 0 Å². The molecule has 0 fully saturated rings. The van der Waals surface area contributed by atoms with E-state index in [4.69, 9.17) is 4.52 Å². The lowest BCUT2D eigenvalue weighted by atomic mass is 10.2. The van der Waals surface area contributed by atoms with E-state index < -0.39 is 0 Å². The van der Waals surface area contributed by atoms with Crippen molar-refractivity contribution in [1.29, 1.82) is 0 Å². The molecule has 0 atom stereocenters. The van der Waals surface area contributed by atoms with Gasteiger partial charge in [0.15, 0.2) is 5.82 Å². The zero-order chi connectivity index (χ0) is 14.7. The van der Waals surface area contributed by atoms with Crippen molar-refractivity contribution in [1.82, 2.24) is 10.1 Å². The van der Waals surface area contributed by atoms with Crippen molar-refractivity contribution >= 4 is 11.8 Å². The normalized spacial score (nSPS) is 10.7. The van der Waals surface area contributed by atoms with Crippen LogP contribution in [0.15, 0.2) is 57.9 Å². The summed E-state index contributed by atoms with van der Waals surface area (Å²) in [6.45, 7) is 0. The second-order valence-corrected chi connectivity index (χ2v) is 5.35. The number of rotatable bonds is 4. The third kappa shape index (κ3) is 3.41. The highest BCUT2D eigenvalue weighted by molar-refractivity contribution is 7.98.